The highest BCUT2D eigenvalue weighted by Gasteiger charge is 2.21. The first kappa shape index (κ1) is 14.7. The zero-order valence-electron chi connectivity index (χ0n) is 11.0. The number of hydrogen-bond donors (Lipinski definition) is 1. The smallest absolute Gasteiger partial charge is 0.152 e. The third-order valence-corrected chi connectivity index (χ3v) is 4.01. The van der Waals surface area contributed by atoms with Gasteiger partial charge in [-0.15, -0.1) is 0 Å². The molecule has 0 spiro atoms. The normalized spacial score (nSPS) is 12.8. The minimum atomic E-state index is -0.279. The summed E-state index contributed by atoms with van der Waals surface area (Å²) in [6.07, 6.45) is 1.56. The number of nitrogens with one attached hydrogen (secondary N) is 1. The van der Waals surface area contributed by atoms with E-state index in [0.717, 1.165) is 5.39 Å². The van der Waals surface area contributed by atoms with Gasteiger partial charge in [-0.3, -0.25) is 4.98 Å². The van der Waals surface area contributed by atoms with Crippen LogP contribution in [0.15, 0.2) is 40.9 Å². The van der Waals surface area contributed by atoms with Crippen molar-refractivity contribution < 1.29 is 4.42 Å². The summed E-state index contributed by atoms with van der Waals surface area (Å²) in [5.74, 6) is 0.692. The number of halogens is 3. The van der Waals surface area contributed by atoms with Crippen LogP contribution in [0.4, 0.5) is 0 Å². The highest BCUT2D eigenvalue weighted by molar-refractivity contribution is 6.35. The van der Waals surface area contributed by atoms with E-state index < -0.39 is 0 Å². The van der Waals surface area contributed by atoms with Gasteiger partial charge in [-0.25, -0.2) is 0 Å². The lowest BCUT2D eigenvalue weighted by atomic mass is 10.1. The predicted molar refractivity (Wildman–Crippen MR) is 86.4 cm³/mol. The van der Waals surface area contributed by atoms with Gasteiger partial charge >= 0.3 is 0 Å². The molecule has 0 aliphatic rings. The molecule has 0 radical (unpaired) electrons. The van der Waals surface area contributed by atoms with Crippen molar-refractivity contribution in [2.45, 2.75) is 6.04 Å². The second-order valence-corrected chi connectivity index (χ2v) is 5.80. The van der Waals surface area contributed by atoms with Crippen molar-refractivity contribution in [1.82, 2.24) is 10.3 Å². The Morgan fingerprint density at radius 2 is 1.95 bits per heavy atom. The van der Waals surface area contributed by atoms with Crippen molar-refractivity contribution >= 4 is 45.8 Å². The predicted octanol–water partition coefficient (Wildman–Crippen LogP) is 5.10. The summed E-state index contributed by atoms with van der Waals surface area (Å²) in [5, 5.41) is 5.63. The average molecular weight is 342 g/mol. The molecule has 0 aliphatic carbocycles. The maximum absolute atomic E-state index is 6.23. The number of nitrogens with zero attached hydrogens (tertiary/aromatic N) is 1. The zero-order valence-corrected chi connectivity index (χ0v) is 13.3. The molecule has 0 fully saturated rings. The summed E-state index contributed by atoms with van der Waals surface area (Å²) in [6, 6.07) is 8.92. The van der Waals surface area contributed by atoms with E-state index in [2.05, 4.69) is 10.3 Å². The monoisotopic (exact) mass is 340 g/mol. The van der Waals surface area contributed by atoms with E-state index in [9.17, 15) is 0 Å². The maximum atomic E-state index is 6.23. The summed E-state index contributed by atoms with van der Waals surface area (Å²) in [6.45, 7) is 0. The highest BCUT2D eigenvalue weighted by atomic mass is 35.5. The third kappa shape index (κ3) is 2.74. The fourth-order valence-corrected chi connectivity index (χ4v) is 2.95. The van der Waals surface area contributed by atoms with E-state index in [1.54, 1.807) is 18.3 Å². The van der Waals surface area contributed by atoms with Crippen LogP contribution >= 0.6 is 34.8 Å². The van der Waals surface area contributed by atoms with Crippen molar-refractivity contribution in [2.75, 3.05) is 7.05 Å². The van der Waals surface area contributed by atoms with Crippen molar-refractivity contribution in [1.29, 1.82) is 0 Å². The number of benzene rings is 1. The maximum Gasteiger partial charge on any atom is 0.152 e. The lowest BCUT2D eigenvalue weighted by molar-refractivity contribution is 0.486. The number of furan rings is 1. The minimum absolute atomic E-state index is 0.279. The standard InChI is InChI=1S/C15H11Cl3N2O/c1-19-14(13-11(18)6-9(16)7-20-13)12-5-8-3-2-4-10(17)15(8)21-12/h2-7,14,19H,1H3. The molecule has 0 amide bonds. The topological polar surface area (TPSA) is 38.1 Å². The van der Waals surface area contributed by atoms with Crippen LogP contribution in [0.25, 0.3) is 11.0 Å². The van der Waals surface area contributed by atoms with Crippen LogP contribution in [0.3, 0.4) is 0 Å². The van der Waals surface area contributed by atoms with Gasteiger partial charge in [0.1, 0.15) is 11.8 Å². The Morgan fingerprint density at radius 1 is 1.14 bits per heavy atom. The Bertz CT molecular complexity index is 801. The lowest BCUT2D eigenvalue weighted by Gasteiger charge is -2.14. The molecule has 6 heteroatoms. The summed E-state index contributed by atoms with van der Waals surface area (Å²) >= 11 is 18.3. The van der Waals surface area contributed by atoms with E-state index in [4.69, 9.17) is 39.2 Å². The van der Waals surface area contributed by atoms with Crippen LogP contribution in [0.1, 0.15) is 17.5 Å². The lowest BCUT2D eigenvalue weighted by Crippen LogP contribution is -2.18. The number of hydrogen-bond acceptors (Lipinski definition) is 3. The molecular formula is C15H11Cl3N2O. The molecular weight excluding hydrogens is 331 g/mol. The molecule has 0 saturated carbocycles. The minimum Gasteiger partial charge on any atom is -0.457 e. The average Bonchev–Trinajstić information content (AvgIpc) is 2.87. The molecule has 3 rings (SSSR count). The van der Waals surface area contributed by atoms with Crippen LogP contribution in [0, 0.1) is 0 Å². The van der Waals surface area contributed by atoms with Gasteiger partial charge in [0.05, 0.1) is 20.8 Å². The Balaban J connectivity index is 2.11. The SMILES string of the molecule is CNC(c1cc2cccc(Cl)c2o1)c1ncc(Cl)cc1Cl. The first-order chi connectivity index (χ1) is 10.1. The Morgan fingerprint density at radius 3 is 2.62 bits per heavy atom. The van der Waals surface area contributed by atoms with Crippen LogP contribution < -0.4 is 5.32 Å². The fourth-order valence-electron chi connectivity index (χ4n) is 2.24. The highest BCUT2D eigenvalue weighted by Crippen LogP contribution is 2.33. The van der Waals surface area contributed by atoms with Crippen LogP contribution in [0.2, 0.25) is 15.1 Å². The van der Waals surface area contributed by atoms with Gasteiger partial charge in [-0.2, -0.15) is 0 Å². The van der Waals surface area contributed by atoms with Crippen molar-refractivity contribution in [3.63, 3.8) is 0 Å². The van der Waals surface area contributed by atoms with Gasteiger partial charge in [0.2, 0.25) is 0 Å². The van der Waals surface area contributed by atoms with E-state index in [-0.39, 0.29) is 6.04 Å². The molecule has 0 bridgehead atoms. The number of pyridine rings is 1. The number of aromatic nitrogens is 1. The molecule has 1 unspecified atom stereocenters. The molecule has 3 aromatic rings. The summed E-state index contributed by atoms with van der Waals surface area (Å²) < 4.78 is 5.87. The first-order valence-electron chi connectivity index (χ1n) is 6.26. The van der Waals surface area contributed by atoms with Gasteiger partial charge in [-0.05, 0) is 25.2 Å². The molecule has 1 aromatic carbocycles. The largest absolute Gasteiger partial charge is 0.457 e. The van der Waals surface area contributed by atoms with Crippen molar-refractivity contribution in [3.05, 3.63) is 63.1 Å². The Kier molecular flexibility index (Phi) is 4.09. The molecule has 2 aromatic heterocycles. The summed E-state index contributed by atoms with van der Waals surface area (Å²) in [7, 11) is 1.81. The molecule has 108 valence electrons. The van der Waals surface area contributed by atoms with E-state index in [1.807, 2.05) is 25.2 Å². The molecule has 1 N–H and O–H groups in total. The third-order valence-electron chi connectivity index (χ3n) is 3.20. The summed E-state index contributed by atoms with van der Waals surface area (Å²) in [4.78, 5) is 4.30. The second kappa shape index (κ2) is 5.85. The number of para-hydroxylation sites is 1. The van der Waals surface area contributed by atoms with Gasteiger partial charge in [-0.1, -0.05) is 46.9 Å². The molecule has 1 atom stereocenters. The van der Waals surface area contributed by atoms with Crippen LogP contribution in [0.5, 0.6) is 0 Å². The van der Waals surface area contributed by atoms with Crippen LogP contribution in [-0.4, -0.2) is 12.0 Å². The number of fused-ring (bicyclic) bond motifs is 1. The molecule has 2 heterocycles. The molecule has 0 aliphatic heterocycles. The quantitative estimate of drug-likeness (QED) is 0.720. The first-order valence-corrected chi connectivity index (χ1v) is 7.39. The Hall–Kier alpha value is -1.26. The van der Waals surface area contributed by atoms with Crippen molar-refractivity contribution in [2.24, 2.45) is 0 Å². The van der Waals surface area contributed by atoms with E-state index >= 15 is 0 Å². The van der Waals surface area contributed by atoms with E-state index in [0.29, 0.717) is 32.1 Å². The van der Waals surface area contributed by atoms with Crippen LogP contribution in [-0.2, 0) is 0 Å². The summed E-state index contributed by atoms with van der Waals surface area (Å²) in [5.41, 5.74) is 1.30. The number of rotatable bonds is 3. The molecule has 3 nitrogen and oxygen atoms in total. The van der Waals surface area contributed by atoms with Gasteiger partial charge in [0, 0.05) is 11.6 Å². The Labute approximate surface area is 136 Å². The van der Waals surface area contributed by atoms with Gasteiger partial charge in [0.15, 0.2) is 5.58 Å². The van der Waals surface area contributed by atoms with Crippen molar-refractivity contribution in [3.8, 4) is 0 Å². The van der Waals surface area contributed by atoms with Gasteiger partial charge in [0.25, 0.3) is 0 Å². The fraction of sp³-hybridized carbons (Fsp3) is 0.133. The molecule has 0 saturated heterocycles. The molecule has 21 heavy (non-hydrogen) atoms. The second-order valence-electron chi connectivity index (χ2n) is 4.55. The zero-order chi connectivity index (χ0) is 15.0. The van der Waals surface area contributed by atoms with Gasteiger partial charge < -0.3 is 9.73 Å². The van der Waals surface area contributed by atoms with E-state index in [1.165, 1.54) is 0 Å².